The molecular weight excluding hydrogens is 521 g/mol. The summed E-state index contributed by atoms with van der Waals surface area (Å²) < 4.78 is 41.6. The first-order valence-corrected chi connectivity index (χ1v) is 14.2. The molecule has 0 radical (unpaired) electrons. The quantitative estimate of drug-likeness (QED) is 0.309. The Hall–Kier alpha value is -3.21. The van der Waals surface area contributed by atoms with Crippen LogP contribution in [0.25, 0.3) is 11.2 Å². The second-order valence-electron chi connectivity index (χ2n) is 11.4. The predicted molar refractivity (Wildman–Crippen MR) is 146 cm³/mol. The number of rotatable bonds is 9. The highest BCUT2D eigenvalue weighted by atomic mass is 19.4. The minimum Gasteiger partial charge on any atom is -0.475 e. The molecule has 2 aliphatic rings. The first-order chi connectivity index (χ1) is 19.0. The van der Waals surface area contributed by atoms with Crippen LogP contribution in [0.5, 0.6) is 0 Å². The van der Waals surface area contributed by atoms with Crippen molar-refractivity contribution >= 4 is 23.0 Å². The van der Waals surface area contributed by atoms with Gasteiger partial charge in [0.2, 0.25) is 5.82 Å². The summed E-state index contributed by atoms with van der Waals surface area (Å²) in [5.74, 6) is -0.0539. The van der Waals surface area contributed by atoms with Gasteiger partial charge in [0.05, 0.1) is 11.6 Å². The van der Waals surface area contributed by atoms with Gasteiger partial charge in [0.15, 0.2) is 11.5 Å². The summed E-state index contributed by atoms with van der Waals surface area (Å²) in [6.45, 7) is 4.37. The lowest BCUT2D eigenvalue weighted by Gasteiger charge is -2.35. The summed E-state index contributed by atoms with van der Waals surface area (Å²) in [5.41, 5.74) is 0.793. The number of carboxylic acid groups (broad SMARTS) is 1. The number of nitrogens with one attached hydrogen (secondary N) is 1. The molecule has 216 valence electrons. The van der Waals surface area contributed by atoms with E-state index in [2.05, 4.69) is 41.1 Å². The van der Waals surface area contributed by atoms with Crippen LogP contribution in [0.2, 0.25) is 0 Å². The summed E-state index contributed by atoms with van der Waals surface area (Å²) in [6, 6.07) is 5.44. The number of hydrogen-bond acceptors (Lipinski definition) is 6. The molecule has 8 nitrogen and oxygen atoms in total. The Labute approximate surface area is 232 Å². The number of anilines is 1. The second kappa shape index (κ2) is 11.3. The third kappa shape index (κ3) is 5.80. The molecule has 2 aliphatic carbocycles. The maximum atomic E-state index is 13.2. The van der Waals surface area contributed by atoms with Gasteiger partial charge in [-0.05, 0) is 70.2 Å². The first-order valence-electron chi connectivity index (χ1n) is 14.2. The lowest BCUT2D eigenvalue weighted by molar-refractivity contribution is -0.137. The van der Waals surface area contributed by atoms with Gasteiger partial charge in [-0.25, -0.2) is 19.7 Å². The zero-order chi connectivity index (χ0) is 28.6. The summed E-state index contributed by atoms with van der Waals surface area (Å²) in [6.07, 6.45) is 4.68. The van der Waals surface area contributed by atoms with E-state index in [0.29, 0.717) is 34.7 Å². The van der Waals surface area contributed by atoms with E-state index >= 15 is 0 Å². The van der Waals surface area contributed by atoms with Gasteiger partial charge in [-0.1, -0.05) is 37.8 Å². The maximum absolute atomic E-state index is 13.2. The number of aromatic nitrogens is 4. The molecule has 0 spiro atoms. The minimum absolute atomic E-state index is 0.0636. The molecule has 0 bridgehead atoms. The van der Waals surface area contributed by atoms with Crippen LogP contribution in [0, 0.1) is 5.92 Å². The summed E-state index contributed by atoms with van der Waals surface area (Å²) in [4.78, 5) is 27.8. The second-order valence-corrected chi connectivity index (χ2v) is 11.4. The van der Waals surface area contributed by atoms with Crippen molar-refractivity contribution < 1.29 is 23.1 Å². The van der Waals surface area contributed by atoms with E-state index in [1.807, 2.05) is 4.57 Å². The van der Waals surface area contributed by atoms with Crippen molar-refractivity contribution in [2.75, 3.05) is 12.4 Å². The Morgan fingerprint density at radius 2 is 1.73 bits per heavy atom. The van der Waals surface area contributed by atoms with Gasteiger partial charge in [-0.15, -0.1) is 0 Å². The number of carboxylic acids is 1. The Morgan fingerprint density at radius 3 is 2.30 bits per heavy atom. The zero-order valence-corrected chi connectivity index (χ0v) is 23.2. The molecule has 2 atom stereocenters. The van der Waals surface area contributed by atoms with Crippen LogP contribution >= 0.6 is 0 Å². The Kier molecular flexibility index (Phi) is 8.03. The monoisotopic (exact) mass is 558 g/mol. The van der Waals surface area contributed by atoms with Crippen molar-refractivity contribution in [3.05, 3.63) is 47.0 Å². The smallest absolute Gasteiger partial charge is 0.416 e. The molecule has 0 aliphatic heterocycles. The molecule has 40 heavy (non-hydrogen) atoms. The molecule has 2 fully saturated rings. The third-order valence-corrected chi connectivity index (χ3v) is 8.80. The molecule has 2 saturated carbocycles. The number of imidazole rings is 1. The number of fused-ring (bicyclic) bond motifs is 1. The number of halogens is 3. The van der Waals surface area contributed by atoms with Gasteiger partial charge >= 0.3 is 12.1 Å². The molecule has 0 amide bonds. The minimum atomic E-state index is -4.42. The number of alkyl halides is 3. The SMILES string of the molecule is CC(c1nc2nc(C(=O)O)nc(N[C@H](C)C3CCC3)c2n1Cc1ccc(C(F)(F)F)cc1)N(C)C1CCCCC1. The molecule has 5 rings (SSSR count). The van der Waals surface area contributed by atoms with Gasteiger partial charge in [0.25, 0.3) is 0 Å². The number of carbonyl (C=O) groups is 1. The third-order valence-electron chi connectivity index (χ3n) is 8.80. The van der Waals surface area contributed by atoms with Crippen LogP contribution in [0.1, 0.15) is 98.8 Å². The topological polar surface area (TPSA) is 96.2 Å². The fourth-order valence-corrected chi connectivity index (χ4v) is 5.97. The average molecular weight is 559 g/mol. The van der Waals surface area contributed by atoms with Gasteiger partial charge in [-0.3, -0.25) is 4.90 Å². The lowest BCUT2D eigenvalue weighted by atomic mass is 9.80. The highest BCUT2D eigenvalue weighted by Crippen LogP contribution is 2.35. The molecule has 0 saturated heterocycles. The van der Waals surface area contributed by atoms with Crippen molar-refractivity contribution in [2.45, 2.75) is 96.1 Å². The number of benzene rings is 1. The predicted octanol–water partition coefficient (Wildman–Crippen LogP) is 6.52. The van der Waals surface area contributed by atoms with Gasteiger partial charge < -0.3 is 15.0 Å². The fourth-order valence-electron chi connectivity index (χ4n) is 5.97. The van der Waals surface area contributed by atoms with Crippen LogP contribution in [0.4, 0.5) is 19.0 Å². The van der Waals surface area contributed by atoms with Crippen LogP contribution < -0.4 is 5.32 Å². The van der Waals surface area contributed by atoms with Crippen molar-refractivity contribution in [1.82, 2.24) is 24.4 Å². The molecule has 1 aromatic carbocycles. The van der Waals surface area contributed by atoms with Crippen molar-refractivity contribution in [3.8, 4) is 0 Å². The van der Waals surface area contributed by atoms with E-state index in [0.717, 1.165) is 44.2 Å². The maximum Gasteiger partial charge on any atom is 0.416 e. The van der Waals surface area contributed by atoms with Crippen molar-refractivity contribution in [2.24, 2.45) is 5.92 Å². The number of aromatic carboxylic acids is 1. The number of nitrogens with zero attached hydrogens (tertiary/aromatic N) is 5. The van der Waals surface area contributed by atoms with Crippen molar-refractivity contribution in [3.63, 3.8) is 0 Å². The van der Waals surface area contributed by atoms with E-state index < -0.39 is 17.7 Å². The van der Waals surface area contributed by atoms with Crippen LogP contribution in [0.3, 0.4) is 0 Å². The first kappa shape index (κ1) is 28.3. The highest BCUT2D eigenvalue weighted by molar-refractivity contribution is 5.90. The van der Waals surface area contributed by atoms with E-state index in [-0.39, 0.29) is 30.1 Å². The molecule has 2 aromatic heterocycles. The standard InChI is InChI=1S/C29H37F3N6O2/c1-17(20-8-7-9-20)33-24-23-25(35-26(34-24)28(39)40)36-27(18(2)37(3)22-10-5-4-6-11-22)38(23)16-19-12-14-21(15-13-19)29(30,31)32/h12-15,17-18,20,22H,4-11,16H2,1-3H3,(H,39,40)(H,33,34,35)/t17-,18?/m1/s1. The Balaban J connectivity index is 1.61. The fraction of sp³-hybridized carbons (Fsp3) is 0.586. The highest BCUT2D eigenvalue weighted by Gasteiger charge is 2.32. The van der Waals surface area contributed by atoms with Crippen LogP contribution in [-0.2, 0) is 12.7 Å². The average Bonchev–Trinajstić information content (AvgIpc) is 3.25. The van der Waals surface area contributed by atoms with Gasteiger partial charge in [0.1, 0.15) is 11.3 Å². The van der Waals surface area contributed by atoms with E-state index in [4.69, 9.17) is 4.98 Å². The largest absolute Gasteiger partial charge is 0.475 e. The molecular formula is C29H37F3N6O2. The summed E-state index contributed by atoms with van der Waals surface area (Å²) in [5, 5.41) is 13.2. The molecule has 2 heterocycles. The lowest BCUT2D eigenvalue weighted by Crippen LogP contribution is -2.36. The van der Waals surface area contributed by atoms with Crippen LogP contribution in [0.15, 0.2) is 24.3 Å². The summed E-state index contributed by atoms with van der Waals surface area (Å²) in [7, 11) is 2.08. The van der Waals surface area contributed by atoms with Gasteiger partial charge in [-0.2, -0.15) is 13.2 Å². The molecule has 1 unspecified atom stereocenters. The normalized spacial score (nSPS) is 18.6. The molecule has 11 heteroatoms. The van der Waals surface area contributed by atoms with Crippen molar-refractivity contribution in [1.29, 1.82) is 0 Å². The molecule has 3 aromatic rings. The van der Waals surface area contributed by atoms with E-state index in [1.54, 1.807) is 0 Å². The van der Waals surface area contributed by atoms with E-state index in [1.165, 1.54) is 31.4 Å². The zero-order valence-electron chi connectivity index (χ0n) is 23.2. The summed E-state index contributed by atoms with van der Waals surface area (Å²) >= 11 is 0. The number of hydrogen-bond donors (Lipinski definition) is 2. The Bertz CT molecular complexity index is 1350. The Morgan fingerprint density at radius 1 is 1.05 bits per heavy atom. The van der Waals surface area contributed by atoms with Crippen LogP contribution in [-0.4, -0.2) is 54.6 Å². The van der Waals surface area contributed by atoms with Gasteiger partial charge in [0, 0.05) is 18.6 Å². The van der Waals surface area contributed by atoms with E-state index in [9.17, 15) is 23.1 Å². The molecule has 2 N–H and O–H groups in total.